The second kappa shape index (κ2) is 14.2. The van der Waals surface area contributed by atoms with Crippen molar-refractivity contribution >= 4 is 74.9 Å². The molecule has 4 aliphatic rings. The molecule has 19 heteroatoms. The predicted molar refractivity (Wildman–Crippen MR) is 200 cm³/mol. The van der Waals surface area contributed by atoms with Crippen LogP contribution in [0.3, 0.4) is 0 Å². The molecule has 276 valence electrons. The van der Waals surface area contributed by atoms with E-state index in [2.05, 4.69) is 65.0 Å². The molecule has 6 aromatic heterocycles. The van der Waals surface area contributed by atoms with Gasteiger partial charge in [-0.3, -0.25) is 10.2 Å². The Kier molecular flexibility index (Phi) is 8.94. The smallest absolute Gasteiger partial charge is 0.356 e. The normalized spacial score (nSPS) is 17.3. The number of aromatic amines is 2. The molecule has 19 nitrogen and oxygen atoms in total. The molecular weight excluding hydrogens is 696 g/mol. The van der Waals surface area contributed by atoms with Crippen LogP contribution < -0.4 is 31.1 Å². The number of ether oxygens (including phenoxy) is 2. The molecule has 2 fully saturated rings. The fourth-order valence-electron chi connectivity index (χ4n) is 6.92. The van der Waals surface area contributed by atoms with Crippen molar-refractivity contribution in [1.29, 1.82) is 0 Å². The quantitative estimate of drug-likeness (QED) is 0.164. The van der Waals surface area contributed by atoms with Crippen molar-refractivity contribution in [2.45, 2.75) is 24.9 Å². The van der Waals surface area contributed by atoms with Gasteiger partial charge < -0.3 is 40.3 Å². The molecule has 2 saturated heterocycles. The molecule has 4 aliphatic heterocycles. The number of hydrogen-bond acceptors (Lipinski definition) is 15. The summed E-state index contributed by atoms with van der Waals surface area (Å²) in [7, 11) is 2.67. The van der Waals surface area contributed by atoms with Gasteiger partial charge >= 0.3 is 18.0 Å². The number of H-pyrrole nitrogens is 2. The van der Waals surface area contributed by atoms with Gasteiger partial charge in [0, 0.05) is 67.8 Å². The van der Waals surface area contributed by atoms with Crippen LogP contribution in [0, 0.1) is 0 Å². The summed E-state index contributed by atoms with van der Waals surface area (Å²) in [6, 6.07) is 10.9. The largest absolute Gasteiger partial charge is 0.464 e. The topological polar surface area (TPSA) is 238 Å². The van der Waals surface area contributed by atoms with Gasteiger partial charge in [0.25, 0.3) is 0 Å². The van der Waals surface area contributed by atoms with Crippen LogP contribution in [0.5, 0.6) is 0 Å². The van der Waals surface area contributed by atoms with Crippen molar-refractivity contribution in [2.75, 3.05) is 71.5 Å². The summed E-state index contributed by atoms with van der Waals surface area (Å²) in [5, 5.41) is 7.94. The average Bonchev–Trinajstić information content (AvgIpc) is 4.02. The predicted octanol–water partition coefficient (Wildman–Crippen LogP) is 3.18. The highest BCUT2D eigenvalue weighted by Gasteiger charge is 2.41. The zero-order valence-corrected chi connectivity index (χ0v) is 29.3. The maximum absolute atomic E-state index is 13.1. The van der Waals surface area contributed by atoms with Crippen molar-refractivity contribution in [3.05, 3.63) is 72.6 Å². The standard InChI is InChI=1S/C18H17N7O3.C11H13N3O2.C6H6N4/c1-28-16(26)12-2-3-13-15(21-12)25(11-5-7-24(13)9-11)18(27)23-17-20-8-10-4-6-19-14(10)22-17;1-16-11(15)8-2-3-9-10(13-8)12-7-4-5-14(9)6-7;7-6-9-3-4-1-2-8-5(4)10-6/h2-4,6,8,11H,5,7,9H2,1H3,(H2,19,20,22,23,27);2-3,7H,4-6H2,1H3,(H,12,13);1-3H,(H3,7,8,9,10)/t11-;7-;/m00./s1. The van der Waals surface area contributed by atoms with Crippen LogP contribution in [0.15, 0.2) is 61.2 Å². The summed E-state index contributed by atoms with van der Waals surface area (Å²) in [5.41, 5.74) is 9.18. The lowest BCUT2D eigenvalue weighted by molar-refractivity contribution is 0.0585. The number of pyridine rings is 2. The van der Waals surface area contributed by atoms with Gasteiger partial charge in [0.05, 0.1) is 31.6 Å². The number of nitrogens with two attached hydrogens (primary N) is 1. The van der Waals surface area contributed by atoms with Crippen molar-refractivity contribution < 1.29 is 23.9 Å². The summed E-state index contributed by atoms with van der Waals surface area (Å²) >= 11 is 0. The fraction of sp³-hybridized carbons (Fsp3) is 0.286. The lowest BCUT2D eigenvalue weighted by atomic mass is 10.2. The Morgan fingerprint density at radius 3 is 2.17 bits per heavy atom. The molecule has 4 bridgehead atoms. The molecule has 0 aromatic carbocycles. The number of fused-ring (bicyclic) bond motifs is 10. The molecule has 0 radical (unpaired) electrons. The Balaban J connectivity index is 0.000000132. The third-order valence-corrected chi connectivity index (χ3v) is 9.54. The summed E-state index contributed by atoms with van der Waals surface area (Å²) in [5.74, 6) is 0.807. The van der Waals surface area contributed by atoms with Gasteiger partial charge in [-0.1, -0.05) is 0 Å². The number of anilines is 6. The Morgan fingerprint density at radius 2 is 1.43 bits per heavy atom. The van der Waals surface area contributed by atoms with Crippen molar-refractivity contribution in [1.82, 2.24) is 39.9 Å². The molecular formula is C35H36N14O5. The first-order chi connectivity index (χ1) is 26.3. The van der Waals surface area contributed by atoms with E-state index in [-0.39, 0.29) is 23.7 Å². The first-order valence-electron chi connectivity index (χ1n) is 17.2. The Hall–Kier alpha value is -7.05. The lowest BCUT2D eigenvalue weighted by Gasteiger charge is -2.35. The molecule has 0 aliphatic carbocycles. The molecule has 54 heavy (non-hydrogen) atoms. The monoisotopic (exact) mass is 732 g/mol. The summed E-state index contributed by atoms with van der Waals surface area (Å²) < 4.78 is 9.42. The number of nitrogens with one attached hydrogen (secondary N) is 4. The molecule has 0 spiro atoms. The number of esters is 2. The minimum Gasteiger partial charge on any atom is -0.464 e. The number of aromatic nitrogens is 8. The number of hydrogen-bond donors (Lipinski definition) is 5. The van der Waals surface area contributed by atoms with E-state index in [0.717, 1.165) is 72.6 Å². The van der Waals surface area contributed by atoms with Crippen LogP contribution in [0.4, 0.5) is 39.7 Å². The van der Waals surface area contributed by atoms with E-state index >= 15 is 0 Å². The molecule has 2 atom stereocenters. The van der Waals surface area contributed by atoms with E-state index in [1.807, 2.05) is 18.2 Å². The highest BCUT2D eigenvalue weighted by Crippen LogP contribution is 2.39. The second-order valence-electron chi connectivity index (χ2n) is 12.8. The Morgan fingerprint density at radius 1 is 0.778 bits per heavy atom. The van der Waals surface area contributed by atoms with Crippen LogP contribution in [0.2, 0.25) is 0 Å². The number of urea groups is 1. The number of methoxy groups -OCH3 is 2. The molecule has 2 amide bonds. The number of nitrogens with zero attached hydrogens (tertiary/aromatic N) is 9. The van der Waals surface area contributed by atoms with E-state index < -0.39 is 11.9 Å². The van der Waals surface area contributed by atoms with E-state index in [1.54, 1.807) is 47.9 Å². The third kappa shape index (κ3) is 6.57. The van der Waals surface area contributed by atoms with Crippen molar-refractivity contribution in [3.8, 4) is 0 Å². The van der Waals surface area contributed by atoms with Gasteiger partial charge in [0.2, 0.25) is 11.9 Å². The zero-order valence-electron chi connectivity index (χ0n) is 29.3. The Labute approximate surface area is 307 Å². The van der Waals surface area contributed by atoms with Crippen LogP contribution >= 0.6 is 0 Å². The molecule has 6 aromatic rings. The highest BCUT2D eigenvalue weighted by atomic mass is 16.5. The number of rotatable bonds is 3. The Bertz CT molecular complexity index is 2380. The van der Waals surface area contributed by atoms with Crippen LogP contribution in [0.25, 0.3) is 22.1 Å². The first-order valence-corrected chi connectivity index (χ1v) is 17.2. The van der Waals surface area contributed by atoms with Crippen molar-refractivity contribution in [2.24, 2.45) is 0 Å². The lowest BCUT2D eigenvalue weighted by Crippen LogP contribution is -2.48. The van der Waals surface area contributed by atoms with E-state index in [4.69, 9.17) is 10.5 Å². The summed E-state index contributed by atoms with van der Waals surface area (Å²) in [4.78, 5) is 73.3. The first kappa shape index (κ1) is 34.1. The molecule has 6 N–H and O–H groups in total. The van der Waals surface area contributed by atoms with Gasteiger partial charge in [-0.2, -0.15) is 9.97 Å². The number of amides is 2. The molecule has 0 unspecified atom stereocenters. The van der Waals surface area contributed by atoms with E-state index in [1.165, 1.54) is 14.2 Å². The minimum absolute atomic E-state index is 0.0397. The zero-order chi connectivity index (χ0) is 37.3. The van der Waals surface area contributed by atoms with Gasteiger partial charge in [-0.15, -0.1) is 0 Å². The van der Waals surface area contributed by atoms with E-state index in [0.29, 0.717) is 29.1 Å². The number of nitrogen functional groups attached to an aromatic ring is 1. The summed E-state index contributed by atoms with van der Waals surface area (Å²) in [6.45, 7) is 3.64. The van der Waals surface area contributed by atoms with Gasteiger partial charge in [-0.05, 0) is 49.2 Å². The molecule has 0 saturated carbocycles. The maximum Gasteiger partial charge on any atom is 0.356 e. The van der Waals surface area contributed by atoms with E-state index in [9.17, 15) is 14.4 Å². The number of carbonyl (C=O) groups is 3. The third-order valence-electron chi connectivity index (χ3n) is 9.54. The van der Waals surface area contributed by atoms with Crippen LogP contribution in [0.1, 0.15) is 33.8 Å². The van der Waals surface area contributed by atoms with Gasteiger partial charge in [0.15, 0.2) is 23.0 Å². The second-order valence-corrected chi connectivity index (χ2v) is 12.8. The van der Waals surface area contributed by atoms with Gasteiger partial charge in [-0.25, -0.2) is 34.3 Å². The van der Waals surface area contributed by atoms with Gasteiger partial charge in [0.1, 0.15) is 11.3 Å². The van der Waals surface area contributed by atoms with Crippen LogP contribution in [-0.4, -0.2) is 110 Å². The highest BCUT2D eigenvalue weighted by molar-refractivity contribution is 6.04. The maximum atomic E-state index is 13.1. The summed E-state index contributed by atoms with van der Waals surface area (Å²) in [6.07, 6.45) is 8.84. The van der Waals surface area contributed by atoms with Crippen LogP contribution in [-0.2, 0) is 9.47 Å². The molecule has 10 rings (SSSR count). The number of carbonyl (C=O) groups excluding carboxylic acids is 3. The van der Waals surface area contributed by atoms with Crippen molar-refractivity contribution in [3.63, 3.8) is 0 Å². The minimum atomic E-state index is -0.545. The fourth-order valence-corrected chi connectivity index (χ4v) is 6.92. The average molecular weight is 733 g/mol. The SMILES string of the molecule is COC(=O)c1ccc2c(n1)N(C(=O)Nc1ncc3cc[nH]c3n1)[C@H]1CCN2C1.COC(=O)c1ccc2c(n1)N[C@H]1CCN2C1.Nc1ncc2cc[nH]c2n1. The molecule has 10 heterocycles.